The van der Waals surface area contributed by atoms with Crippen molar-refractivity contribution in [2.75, 3.05) is 39.8 Å². The molecule has 0 unspecified atom stereocenters. The number of alkyl halides is 3. The number of benzene rings is 3. The van der Waals surface area contributed by atoms with Gasteiger partial charge in [-0.15, -0.1) is 0 Å². The van der Waals surface area contributed by atoms with Gasteiger partial charge in [0.2, 0.25) is 0 Å². The van der Waals surface area contributed by atoms with Crippen LogP contribution in [-0.4, -0.2) is 73.2 Å². The van der Waals surface area contributed by atoms with E-state index in [9.17, 15) is 22.4 Å². The van der Waals surface area contributed by atoms with Crippen LogP contribution in [0, 0.1) is 5.82 Å². The molecule has 0 saturated carbocycles. The van der Waals surface area contributed by atoms with Gasteiger partial charge in [0, 0.05) is 55.5 Å². The minimum Gasteiger partial charge on any atom is -0.542 e. The molecular weight excluding hydrogens is 588 g/mol. The zero-order valence-electron chi connectivity index (χ0n) is 26.2. The number of quaternary nitrogens is 1. The number of carboxylic acids is 1. The molecule has 1 aliphatic heterocycles. The predicted molar refractivity (Wildman–Crippen MR) is 164 cm³/mol. The molecule has 244 valence electrons. The lowest BCUT2D eigenvalue weighted by Gasteiger charge is -2.32. The number of nitrogens with zero attached hydrogens (tertiary/aromatic N) is 2. The Morgan fingerprint density at radius 1 is 1.00 bits per heavy atom. The number of halogens is 4. The maximum absolute atomic E-state index is 14.9. The molecular formula is C34H42F4N4O3. The summed E-state index contributed by atoms with van der Waals surface area (Å²) in [6.45, 7) is 13.8. The minimum absolute atomic E-state index is 0.118. The lowest BCUT2D eigenvalue weighted by Crippen LogP contribution is -2.48. The van der Waals surface area contributed by atoms with Crippen LogP contribution in [0.3, 0.4) is 0 Å². The van der Waals surface area contributed by atoms with Gasteiger partial charge in [0.25, 0.3) is 5.91 Å². The van der Waals surface area contributed by atoms with Crippen LogP contribution in [0.25, 0.3) is 11.1 Å². The predicted octanol–water partition coefficient (Wildman–Crippen LogP) is 4.50. The van der Waals surface area contributed by atoms with E-state index in [-0.39, 0.29) is 11.7 Å². The largest absolute Gasteiger partial charge is 0.542 e. The zero-order chi connectivity index (χ0) is 33.2. The van der Waals surface area contributed by atoms with E-state index in [2.05, 4.69) is 61.6 Å². The molecule has 1 heterocycles. The molecule has 11 heteroatoms. The van der Waals surface area contributed by atoms with Crippen molar-refractivity contribution in [1.29, 1.82) is 0 Å². The van der Waals surface area contributed by atoms with E-state index in [1.165, 1.54) is 11.6 Å². The van der Waals surface area contributed by atoms with Crippen LogP contribution in [-0.2, 0) is 24.4 Å². The molecule has 3 aromatic carbocycles. The van der Waals surface area contributed by atoms with Crippen molar-refractivity contribution in [3.05, 3.63) is 94.8 Å². The van der Waals surface area contributed by atoms with Crippen molar-refractivity contribution in [3.63, 3.8) is 0 Å². The average Bonchev–Trinajstić information content (AvgIpc) is 3.00. The van der Waals surface area contributed by atoms with Crippen LogP contribution in [0.4, 0.5) is 17.6 Å². The molecule has 0 aliphatic carbocycles. The number of piperazine rings is 1. The van der Waals surface area contributed by atoms with E-state index in [1.54, 1.807) is 6.07 Å². The van der Waals surface area contributed by atoms with E-state index in [4.69, 9.17) is 9.90 Å². The topological polar surface area (TPSA) is 84.5 Å². The molecule has 0 bridgehead atoms. The fourth-order valence-corrected chi connectivity index (χ4v) is 5.14. The first-order valence-electron chi connectivity index (χ1n) is 15.0. The second-order valence-electron chi connectivity index (χ2n) is 11.7. The second-order valence-corrected chi connectivity index (χ2v) is 11.7. The Morgan fingerprint density at radius 2 is 1.67 bits per heavy atom. The van der Waals surface area contributed by atoms with Crippen molar-refractivity contribution in [1.82, 2.24) is 15.5 Å². The first-order chi connectivity index (χ1) is 21.2. The number of carboxylic acid groups (broad SMARTS) is 1. The van der Waals surface area contributed by atoms with E-state index in [0.717, 1.165) is 67.0 Å². The normalized spacial score (nSPS) is 15.6. The summed E-state index contributed by atoms with van der Waals surface area (Å²) < 4.78 is 47.4. The highest BCUT2D eigenvalue weighted by Gasteiger charge is 2.28. The lowest BCUT2D eigenvalue weighted by atomic mass is 10.00. The Hall–Kier alpha value is -3.80. The third kappa shape index (κ3) is 10.9. The summed E-state index contributed by atoms with van der Waals surface area (Å²) in [7, 11) is 2.24. The fourth-order valence-electron chi connectivity index (χ4n) is 5.14. The van der Waals surface area contributed by atoms with Crippen LogP contribution >= 0.6 is 0 Å². The van der Waals surface area contributed by atoms with Crippen LogP contribution in [0.1, 0.15) is 47.8 Å². The summed E-state index contributed by atoms with van der Waals surface area (Å²) >= 11 is 0. The van der Waals surface area contributed by atoms with E-state index in [0.29, 0.717) is 23.7 Å². The number of amides is 1. The van der Waals surface area contributed by atoms with Gasteiger partial charge in [0.15, 0.2) is 0 Å². The molecule has 1 atom stereocenters. The van der Waals surface area contributed by atoms with Crippen LogP contribution in [0.15, 0.2) is 66.7 Å². The first-order valence-corrected chi connectivity index (χ1v) is 15.0. The van der Waals surface area contributed by atoms with Crippen molar-refractivity contribution >= 4 is 11.9 Å². The summed E-state index contributed by atoms with van der Waals surface area (Å²) in [6.07, 6.45) is -5.19. The molecule has 2 N–H and O–H groups in total. The van der Waals surface area contributed by atoms with Crippen LogP contribution in [0.5, 0.6) is 0 Å². The van der Waals surface area contributed by atoms with Crippen molar-refractivity contribution in [2.45, 2.75) is 52.6 Å². The van der Waals surface area contributed by atoms with Gasteiger partial charge in [0.1, 0.15) is 18.3 Å². The number of carbonyl (C=O) groups excluding carboxylic acids is 2. The highest BCUT2D eigenvalue weighted by molar-refractivity contribution is 5.94. The quantitative estimate of drug-likeness (QED) is 0.255. The molecule has 0 spiro atoms. The Labute approximate surface area is 262 Å². The van der Waals surface area contributed by atoms with Gasteiger partial charge in [-0.05, 0) is 67.8 Å². The number of hydrogen-bond donors (Lipinski definition) is 2. The summed E-state index contributed by atoms with van der Waals surface area (Å²) in [6, 6.07) is 21.6. The van der Waals surface area contributed by atoms with Gasteiger partial charge >= 0.3 is 6.18 Å². The number of nitrogens with one attached hydrogen (secondary N) is 2. The van der Waals surface area contributed by atoms with Gasteiger partial charge in [-0.25, -0.2) is 4.39 Å². The third-order valence-corrected chi connectivity index (χ3v) is 8.09. The number of carbonyl (C=O) groups is 2. The SMILES string of the molecule is CC[N+](C)(CC)Cc1cccc(C(=O)NCc2ccc(F)c(-c3cccc(CN4CCN[C@@H](C)C4)c3)c2)c1.O=C([O-])C(F)(F)F. The highest BCUT2D eigenvalue weighted by Crippen LogP contribution is 2.26. The van der Waals surface area contributed by atoms with Crippen molar-refractivity contribution in [3.8, 4) is 11.1 Å². The van der Waals surface area contributed by atoms with E-state index in [1.807, 2.05) is 36.4 Å². The maximum Gasteiger partial charge on any atom is 0.430 e. The number of aliphatic carboxylic acids is 1. The van der Waals surface area contributed by atoms with Crippen LogP contribution < -0.4 is 15.7 Å². The number of rotatable bonds is 10. The Balaban J connectivity index is 0.000000707. The maximum atomic E-state index is 14.9. The van der Waals surface area contributed by atoms with E-state index >= 15 is 0 Å². The standard InChI is InChI=1S/C32H41FN4O.C2HF3O2/c1-5-37(4,6-2)23-27-10-8-12-29(18-27)32(38)35-20-25-13-14-31(33)30(19-25)28-11-7-9-26(17-28)22-36-16-15-34-24(3)21-36;3-2(4,5)1(6)7/h7-14,17-19,24,34H,5-6,15-16,20-23H2,1-4H3;(H,6,7)/t24-;/m0./s1. The third-order valence-electron chi connectivity index (χ3n) is 8.09. The summed E-state index contributed by atoms with van der Waals surface area (Å²) in [5.74, 6) is -3.38. The average molecular weight is 631 g/mol. The molecule has 4 rings (SSSR count). The summed E-state index contributed by atoms with van der Waals surface area (Å²) in [5.41, 5.74) is 5.27. The van der Waals surface area contributed by atoms with Gasteiger partial charge in [0.05, 0.1) is 20.1 Å². The lowest BCUT2D eigenvalue weighted by molar-refractivity contribution is -0.919. The Kier molecular flexibility index (Phi) is 12.7. The Bertz CT molecular complexity index is 1440. The summed E-state index contributed by atoms with van der Waals surface area (Å²) in [5, 5.41) is 15.3. The molecule has 0 radical (unpaired) electrons. The van der Waals surface area contributed by atoms with Gasteiger partial charge < -0.3 is 25.0 Å². The first kappa shape index (κ1) is 35.7. The van der Waals surface area contributed by atoms with Crippen molar-refractivity contribution in [2.24, 2.45) is 0 Å². The van der Waals surface area contributed by atoms with Gasteiger partial charge in [-0.1, -0.05) is 36.4 Å². The molecule has 45 heavy (non-hydrogen) atoms. The summed E-state index contributed by atoms with van der Waals surface area (Å²) in [4.78, 5) is 24.2. The van der Waals surface area contributed by atoms with Gasteiger partial charge in [-0.3, -0.25) is 9.69 Å². The monoisotopic (exact) mass is 630 g/mol. The molecule has 3 aromatic rings. The van der Waals surface area contributed by atoms with Crippen molar-refractivity contribution < 1.29 is 36.7 Å². The zero-order valence-corrected chi connectivity index (χ0v) is 26.2. The van der Waals surface area contributed by atoms with Gasteiger partial charge in [-0.2, -0.15) is 13.2 Å². The fraction of sp³-hybridized carbons (Fsp3) is 0.412. The molecule has 1 fully saturated rings. The smallest absolute Gasteiger partial charge is 0.430 e. The number of hydrogen-bond acceptors (Lipinski definition) is 5. The highest BCUT2D eigenvalue weighted by atomic mass is 19.4. The molecule has 1 saturated heterocycles. The molecule has 1 amide bonds. The second kappa shape index (κ2) is 16.0. The molecule has 1 aliphatic rings. The van der Waals surface area contributed by atoms with Crippen LogP contribution in [0.2, 0.25) is 0 Å². The Morgan fingerprint density at radius 3 is 2.31 bits per heavy atom. The minimum atomic E-state index is -5.19. The van der Waals surface area contributed by atoms with E-state index < -0.39 is 12.1 Å². The molecule has 7 nitrogen and oxygen atoms in total. The molecule has 0 aromatic heterocycles.